The molecule has 2 aromatic heterocycles. The van der Waals surface area contributed by atoms with Gasteiger partial charge in [0.15, 0.2) is 0 Å². The van der Waals surface area contributed by atoms with E-state index in [4.69, 9.17) is 4.74 Å². The van der Waals surface area contributed by atoms with Gasteiger partial charge in [0.2, 0.25) is 5.95 Å². The molecule has 0 radical (unpaired) electrons. The molecule has 0 aromatic carbocycles. The number of rotatable bonds is 3. The van der Waals surface area contributed by atoms with Crippen LogP contribution in [0.1, 0.15) is 21.1 Å². The molecule has 1 N–H and O–H groups in total. The minimum atomic E-state index is -2.82. The molecule has 2 heterocycles. The minimum Gasteiger partial charge on any atom is -0.467 e. The van der Waals surface area contributed by atoms with Crippen LogP contribution >= 0.6 is 11.3 Å². The summed E-state index contributed by atoms with van der Waals surface area (Å²) < 4.78 is 32.1. The Labute approximate surface area is 154 Å². The van der Waals surface area contributed by atoms with Gasteiger partial charge in [0.1, 0.15) is 5.82 Å². The number of thiophene rings is 1. The first-order chi connectivity index (χ1) is 12.2. The van der Waals surface area contributed by atoms with Crippen molar-refractivity contribution < 1.29 is 27.5 Å². The van der Waals surface area contributed by atoms with E-state index in [0.29, 0.717) is 11.4 Å². The van der Waals surface area contributed by atoms with Gasteiger partial charge in [-0.3, -0.25) is 5.32 Å². The number of ether oxygens (including phenoxy) is 2. The zero-order valence-electron chi connectivity index (χ0n) is 14.2. The van der Waals surface area contributed by atoms with Crippen molar-refractivity contribution in [3.8, 4) is 6.01 Å². The van der Waals surface area contributed by atoms with Crippen LogP contribution in [0.4, 0.5) is 10.7 Å². The average Bonchev–Trinajstić information content (AvgIpc) is 2.99. The van der Waals surface area contributed by atoms with E-state index in [0.717, 1.165) is 4.88 Å². The molecule has 0 unspecified atom stereocenters. The van der Waals surface area contributed by atoms with Gasteiger partial charge in [0.25, 0.3) is 0 Å². The van der Waals surface area contributed by atoms with Crippen molar-refractivity contribution in [1.82, 2.24) is 15.0 Å². The number of nitrogens with zero attached hydrogens (tertiary/aromatic N) is 4. The van der Waals surface area contributed by atoms with Gasteiger partial charge in [0, 0.05) is 10.3 Å². The van der Waals surface area contributed by atoms with Gasteiger partial charge in [-0.2, -0.15) is 23.4 Å². The average molecular weight is 401 g/mol. The van der Waals surface area contributed by atoms with Crippen LogP contribution in [0.5, 0.6) is 6.01 Å². The molecule has 0 aliphatic carbocycles. The smallest absolute Gasteiger partial charge is 0.362 e. The number of amides is 2. The molecule has 0 spiro atoms. The molecule has 13 heteroatoms. The lowest BCUT2D eigenvalue weighted by Gasteiger charge is -2.02. The second kappa shape index (κ2) is 10.1. The van der Waals surface area contributed by atoms with Crippen molar-refractivity contribution in [2.45, 2.75) is 13.8 Å². The predicted octanol–water partition coefficient (Wildman–Crippen LogP) is 1.63. The molecule has 2 amide bonds. The molecule has 2 rings (SSSR count). The fourth-order valence-corrected chi connectivity index (χ4v) is 2.31. The summed E-state index contributed by atoms with van der Waals surface area (Å²) in [6.07, 6.45) is 0. The number of anilines is 1. The summed E-state index contributed by atoms with van der Waals surface area (Å²) in [6, 6.07) is 0.725. The number of esters is 1. The van der Waals surface area contributed by atoms with Gasteiger partial charge in [-0.1, -0.05) is 4.36 Å². The lowest BCUT2D eigenvalue weighted by atomic mass is 10.3. The molecule has 0 bridgehead atoms. The summed E-state index contributed by atoms with van der Waals surface area (Å²) in [5, 5.41) is 3.84. The second-order valence-corrected chi connectivity index (χ2v) is 6.10. The standard InChI is InChI=1S/C7H8O2S.C6H7N5O4S/c1-5-3-6(4-10-5)7(8)9-2;1-3-7-4(10-6(8-3)15-2)9-5(12)11-16(13)14/h3-4H,1-2H3;1-2H3,(H,7,8,9,10,12). The van der Waals surface area contributed by atoms with E-state index in [1.54, 1.807) is 23.6 Å². The Morgan fingerprint density at radius 1 is 1.19 bits per heavy atom. The maximum Gasteiger partial charge on any atom is 0.362 e. The summed E-state index contributed by atoms with van der Waals surface area (Å²) in [7, 11) is -0.0923. The third-order valence-corrected chi connectivity index (χ3v) is 3.61. The number of methoxy groups -OCH3 is 2. The highest BCUT2D eigenvalue weighted by molar-refractivity contribution is 7.62. The molecular formula is C13H15N5O6S2. The Bertz CT molecular complexity index is 917. The van der Waals surface area contributed by atoms with Crippen LogP contribution in [-0.4, -0.2) is 49.6 Å². The maximum absolute atomic E-state index is 10.9. The van der Waals surface area contributed by atoms with Gasteiger partial charge in [0.05, 0.1) is 19.8 Å². The molecular weight excluding hydrogens is 386 g/mol. The summed E-state index contributed by atoms with van der Waals surface area (Å²) >= 11 is 1.55. The summed E-state index contributed by atoms with van der Waals surface area (Å²) in [4.78, 5) is 34.0. The topological polar surface area (TPSA) is 150 Å². The summed E-state index contributed by atoms with van der Waals surface area (Å²) in [5.74, 6) is -0.0849. The first kappa shape index (κ1) is 21.1. The van der Waals surface area contributed by atoms with Gasteiger partial charge in [-0.05, 0) is 19.9 Å². The Kier molecular flexibility index (Phi) is 8.24. The molecule has 26 heavy (non-hydrogen) atoms. The number of hydrogen-bond donors (Lipinski definition) is 1. The molecule has 0 aliphatic heterocycles. The van der Waals surface area contributed by atoms with Gasteiger partial charge < -0.3 is 9.47 Å². The lowest BCUT2D eigenvalue weighted by molar-refractivity contribution is 0.0601. The first-order valence-electron chi connectivity index (χ1n) is 6.77. The van der Waals surface area contributed by atoms with Crippen molar-refractivity contribution in [2.75, 3.05) is 19.5 Å². The van der Waals surface area contributed by atoms with Gasteiger partial charge in [-0.15, -0.1) is 11.3 Å². The molecule has 0 atom stereocenters. The quantitative estimate of drug-likeness (QED) is 0.757. The van der Waals surface area contributed by atoms with Crippen LogP contribution in [0.15, 0.2) is 15.8 Å². The van der Waals surface area contributed by atoms with Crippen LogP contribution < -0.4 is 10.1 Å². The number of hydrogen-bond acceptors (Lipinski definition) is 10. The van der Waals surface area contributed by atoms with E-state index < -0.39 is 16.5 Å². The van der Waals surface area contributed by atoms with Crippen molar-refractivity contribution >= 4 is 39.8 Å². The van der Waals surface area contributed by atoms with Gasteiger partial charge in [-0.25, -0.2) is 9.59 Å². The molecule has 0 aliphatic rings. The monoisotopic (exact) mass is 401 g/mol. The van der Waals surface area contributed by atoms with E-state index in [2.05, 4.69) is 24.1 Å². The molecule has 0 fully saturated rings. The van der Waals surface area contributed by atoms with Crippen LogP contribution in [-0.2, 0) is 15.2 Å². The normalized spacial score (nSPS) is 9.38. The molecule has 11 nitrogen and oxygen atoms in total. The predicted molar refractivity (Wildman–Crippen MR) is 91.9 cm³/mol. The Morgan fingerprint density at radius 3 is 2.38 bits per heavy atom. The van der Waals surface area contributed by atoms with E-state index in [9.17, 15) is 18.0 Å². The van der Waals surface area contributed by atoms with E-state index >= 15 is 0 Å². The third kappa shape index (κ3) is 7.31. The SMILES string of the molecule is COC(=O)c1csc(C)c1.COc1nc(C)nc(NC(=O)N=S(=O)=O)n1. The highest BCUT2D eigenvalue weighted by Crippen LogP contribution is 2.13. The van der Waals surface area contributed by atoms with Crippen LogP contribution in [0, 0.1) is 13.8 Å². The van der Waals surface area contributed by atoms with Crippen molar-refractivity contribution in [1.29, 1.82) is 0 Å². The Balaban J connectivity index is 0.000000289. The number of carbonyl (C=O) groups excluding carboxylic acids is 2. The van der Waals surface area contributed by atoms with Crippen molar-refractivity contribution in [3.63, 3.8) is 0 Å². The van der Waals surface area contributed by atoms with Crippen molar-refractivity contribution in [3.05, 3.63) is 27.7 Å². The van der Waals surface area contributed by atoms with Gasteiger partial charge >= 0.3 is 28.5 Å². The number of aryl methyl sites for hydroxylation is 2. The largest absolute Gasteiger partial charge is 0.467 e. The molecule has 2 aromatic rings. The van der Waals surface area contributed by atoms with Crippen LogP contribution in [0.2, 0.25) is 0 Å². The van der Waals surface area contributed by atoms with Crippen LogP contribution in [0.3, 0.4) is 0 Å². The first-order valence-corrected chi connectivity index (χ1v) is 8.68. The van der Waals surface area contributed by atoms with E-state index in [1.807, 2.05) is 18.3 Å². The molecule has 0 saturated carbocycles. The minimum absolute atomic E-state index is 0.00560. The number of aromatic nitrogens is 3. The van der Waals surface area contributed by atoms with E-state index in [1.165, 1.54) is 14.2 Å². The zero-order chi connectivity index (χ0) is 19.7. The van der Waals surface area contributed by atoms with Crippen molar-refractivity contribution in [2.24, 2.45) is 4.36 Å². The highest BCUT2D eigenvalue weighted by atomic mass is 32.2. The maximum atomic E-state index is 10.9. The fraction of sp³-hybridized carbons (Fsp3) is 0.308. The summed E-state index contributed by atoms with van der Waals surface area (Å²) in [6.45, 7) is 3.51. The molecule has 140 valence electrons. The zero-order valence-corrected chi connectivity index (χ0v) is 15.8. The Hall–Kier alpha value is -2.93. The Morgan fingerprint density at radius 2 is 1.88 bits per heavy atom. The number of urea groups is 1. The van der Waals surface area contributed by atoms with E-state index in [-0.39, 0.29) is 17.9 Å². The third-order valence-electron chi connectivity index (χ3n) is 2.44. The van der Waals surface area contributed by atoms with Crippen LogP contribution in [0.25, 0.3) is 0 Å². The second-order valence-electron chi connectivity index (χ2n) is 4.37. The fourth-order valence-electron chi connectivity index (χ4n) is 1.46. The highest BCUT2D eigenvalue weighted by Gasteiger charge is 2.07. The summed E-state index contributed by atoms with van der Waals surface area (Å²) in [5.41, 5.74) is 0.644. The lowest BCUT2D eigenvalue weighted by Crippen LogP contribution is -2.11. The number of carbonyl (C=O) groups is 2. The molecule has 0 saturated heterocycles. The number of nitrogens with one attached hydrogen (secondary N) is 1.